The van der Waals surface area contributed by atoms with Crippen molar-refractivity contribution in [2.75, 3.05) is 13.2 Å². The summed E-state index contributed by atoms with van der Waals surface area (Å²) in [4.78, 5) is 38.4. The van der Waals surface area contributed by atoms with Crippen LogP contribution in [0.25, 0.3) is 0 Å². The van der Waals surface area contributed by atoms with Crippen molar-refractivity contribution in [3.63, 3.8) is 0 Å². The molecule has 0 amide bonds. The first-order valence-corrected chi connectivity index (χ1v) is 33.3. The number of ether oxygens (including phenoxy) is 3. The molecule has 0 saturated heterocycles. The molecule has 0 aliphatic rings. The predicted molar refractivity (Wildman–Crippen MR) is 361 cm³/mol. The molecular weight excluding hydrogens is 1020 g/mol. The highest BCUT2D eigenvalue weighted by Gasteiger charge is 2.19. The monoisotopic (exact) mass is 1140 g/mol. The van der Waals surface area contributed by atoms with Crippen molar-refractivity contribution in [3.8, 4) is 0 Å². The third-order valence-electron chi connectivity index (χ3n) is 13.4. The lowest BCUT2D eigenvalue weighted by Crippen LogP contribution is -2.30. The summed E-state index contributed by atoms with van der Waals surface area (Å²) in [6.07, 6.45) is 103. The van der Waals surface area contributed by atoms with E-state index in [4.69, 9.17) is 14.2 Å². The highest BCUT2D eigenvalue weighted by molar-refractivity contribution is 5.71. The van der Waals surface area contributed by atoms with Crippen molar-refractivity contribution in [1.82, 2.24) is 0 Å². The summed E-state index contributed by atoms with van der Waals surface area (Å²) in [5, 5.41) is 0. The molecule has 0 spiro atoms. The van der Waals surface area contributed by atoms with Gasteiger partial charge < -0.3 is 14.2 Å². The lowest BCUT2D eigenvalue weighted by atomic mass is 10.1. The van der Waals surface area contributed by atoms with E-state index in [9.17, 15) is 14.4 Å². The largest absolute Gasteiger partial charge is 0.462 e. The summed E-state index contributed by atoms with van der Waals surface area (Å²) >= 11 is 0. The Morgan fingerprint density at radius 1 is 0.253 bits per heavy atom. The third kappa shape index (κ3) is 67.2. The molecule has 0 N–H and O–H groups in total. The van der Waals surface area contributed by atoms with Gasteiger partial charge in [0.15, 0.2) is 6.10 Å². The summed E-state index contributed by atoms with van der Waals surface area (Å²) in [5.41, 5.74) is 0. The Bertz CT molecular complexity index is 1940. The minimum absolute atomic E-state index is 0.118. The van der Waals surface area contributed by atoms with Crippen LogP contribution in [0.5, 0.6) is 0 Å². The molecule has 0 fully saturated rings. The Hall–Kier alpha value is -5.49. The molecule has 0 aromatic carbocycles. The predicted octanol–water partition coefficient (Wildman–Crippen LogP) is 23.2. The van der Waals surface area contributed by atoms with Gasteiger partial charge in [0.25, 0.3) is 0 Å². The normalized spacial score (nSPS) is 13.3. The fourth-order valence-electron chi connectivity index (χ4n) is 8.46. The summed E-state index contributed by atoms with van der Waals surface area (Å²) in [6, 6.07) is 0. The Kier molecular flexibility index (Phi) is 64.4. The quantitative estimate of drug-likeness (QED) is 0.0261. The molecule has 6 nitrogen and oxygen atoms in total. The van der Waals surface area contributed by atoms with E-state index in [-0.39, 0.29) is 44.0 Å². The van der Waals surface area contributed by atoms with Crippen LogP contribution >= 0.6 is 0 Å². The van der Waals surface area contributed by atoms with E-state index in [1.54, 1.807) is 0 Å². The van der Waals surface area contributed by atoms with E-state index in [0.717, 1.165) is 148 Å². The second-order valence-corrected chi connectivity index (χ2v) is 21.3. The highest BCUT2D eigenvalue weighted by atomic mass is 16.6. The van der Waals surface area contributed by atoms with E-state index < -0.39 is 6.10 Å². The van der Waals surface area contributed by atoms with E-state index in [0.29, 0.717) is 12.8 Å². The van der Waals surface area contributed by atoms with Crippen molar-refractivity contribution in [2.45, 2.75) is 271 Å². The van der Waals surface area contributed by atoms with Crippen LogP contribution in [-0.2, 0) is 28.6 Å². The number of unbranched alkanes of at least 4 members (excludes halogenated alkanes) is 17. The molecule has 464 valence electrons. The molecule has 0 saturated carbocycles. The first-order valence-electron chi connectivity index (χ1n) is 33.3. The molecular formula is C77H120O6. The molecule has 0 heterocycles. The van der Waals surface area contributed by atoms with Gasteiger partial charge in [-0.2, -0.15) is 0 Å². The van der Waals surface area contributed by atoms with Crippen LogP contribution in [0.1, 0.15) is 265 Å². The number of rotatable bonds is 58. The van der Waals surface area contributed by atoms with Gasteiger partial charge >= 0.3 is 17.9 Å². The van der Waals surface area contributed by atoms with E-state index in [1.165, 1.54) is 70.6 Å². The highest BCUT2D eigenvalue weighted by Crippen LogP contribution is 2.14. The van der Waals surface area contributed by atoms with Crippen LogP contribution in [0.2, 0.25) is 0 Å². The standard InChI is InChI=1S/C77H120O6/c1-4-7-10-13-16-19-22-25-28-31-34-36-38-40-43-46-49-52-55-58-61-64-67-70-76(79)82-73-74(72-81-75(78)69-66-63-60-57-54-51-48-45-42-33-30-27-24-21-18-15-12-9-6-3)83-77(80)71-68-65-62-59-56-53-50-47-44-41-39-37-35-32-29-26-23-20-17-14-11-8-5-2/h7-8,10-11,16-21,25-30,34-37,40-41,43-44,49-50,52-53,58,61,74H,4-6,9,12-15,22-24,31-33,38-39,42,45-48,51,54-57,59-60,62-73H2,1-3H3/b10-7-,11-8-,19-16-,20-17-,21-18-,28-25-,29-26-,30-27-,36-34-,37-35-,43-40-,44-41-,52-49-,53-50-,61-58-. The van der Waals surface area contributed by atoms with E-state index in [1.807, 2.05) is 0 Å². The maximum absolute atomic E-state index is 12.9. The van der Waals surface area contributed by atoms with Crippen molar-refractivity contribution in [2.24, 2.45) is 0 Å². The zero-order valence-corrected chi connectivity index (χ0v) is 53.1. The maximum atomic E-state index is 12.9. The first kappa shape index (κ1) is 77.5. The van der Waals surface area contributed by atoms with E-state index >= 15 is 0 Å². The number of carbonyl (C=O) groups is 3. The molecule has 6 heteroatoms. The Morgan fingerprint density at radius 2 is 0.482 bits per heavy atom. The van der Waals surface area contributed by atoms with Gasteiger partial charge in [0.1, 0.15) is 13.2 Å². The molecule has 0 radical (unpaired) electrons. The van der Waals surface area contributed by atoms with Gasteiger partial charge in [0.2, 0.25) is 0 Å². The van der Waals surface area contributed by atoms with Crippen LogP contribution in [0.15, 0.2) is 182 Å². The van der Waals surface area contributed by atoms with Gasteiger partial charge in [-0.1, -0.05) is 274 Å². The maximum Gasteiger partial charge on any atom is 0.306 e. The number of esters is 3. The van der Waals surface area contributed by atoms with Crippen LogP contribution in [0.4, 0.5) is 0 Å². The minimum atomic E-state index is -0.830. The third-order valence-corrected chi connectivity index (χ3v) is 13.4. The lowest BCUT2D eigenvalue weighted by molar-refractivity contribution is -0.167. The van der Waals surface area contributed by atoms with E-state index in [2.05, 4.69) is 203 Å². The van der Waals surface area contributed by atoms with Crippen LogP contribution < -0.4 is 0 Å². The van der Waals surface area contributed by atoms with Crippen molar-refractivity contribution >= 4 is 17.9 Å². The van der Waals surface area contributed by atoms with Crippen molar-refractivity contribution in [1.29, 1.82) is 0 Å². The molecule has 0 aliphatic carbocycles. The molecule has 1 atom stereocenters. The SMILES string of the molecule is CC/C=C\C/C=C\C/C=C\C/C=C\C/C=C\C/C=C\C/C=C\CCCC(=O)OCC(COC(=O)CCCCCCCCCCC/C=C\C/C=C\CCCCC)OC(=O)CCCCCC/C=C\C/C=C\C/C=C\C/C=C\C/C=C\C/C=C\CC. The number of allylic oxidation sites excluding steroid dienone is 30. The smallest absolute Gasteiger partial charge is 0.306 e. The average molecular weight is 1140 g/mol. The van der Waals surface area contributed by atoms with Crippen LogP contribution in [0.3, 0.4) is 0 Å². The number of hydrogen-bond acceptors (Lipinski definition) is 6. The average Bonchev–Trinajstić information content (AvgIpc) is 3.49. The van der Waals surface area contributed by atoms with Gasteiger partial charge in [-0.15, -0.1) is 0 Å². The van der Waals surface area contributed by atoms with Gasteiger partial charge in [-0.25, -0.2) is 0 Å². The summed E-state index contributed by atoms with van der Waals surface area (Å²) in [5.74, 6) is -1.01. The number of carbonyl (C=O) groups excluding carboxylic acids is 3. The molecule has 1 unspecified atom stereocenters. The van der Waals surface area contributed by atoms with Gasteiger partial charge in [-0.05, 0) is 154 Å². The van der Waals surface area contributed by atoms with Crippen LogP contribution in [-0.4, -0.2) is 37.2 Å². The molecule has 0 aromatic heterocycles. The van der Waals surface area contributed by atoms with Crippen molar-refractivity contribution < 1.29 is 28.6 Å². The van der Waals surface area contributed by atoms with Gasteiger partial charge in [0, 0.05) is 19.3 Å². The first-order chi connectivity index (χ1) is 41.0. The zero-order valence-electron chi connectivity index (χ0n) is 53.1. The van der Waals surface area contributed by atoms with Crippen LogP contribution in [0, 0.1) is 0 Å². The topological polar surface area (TPSA) is 78.9 Å². The molecule has 0 bridgehead atoms. The van der Waals surface area contributed by atoms with Gasteiger partial charge in [-0.3, -0.25) is 14.4 Å². The molecule has 0 aromatic rings. The Labute approximate surface area is 510 Å². The second kappa shape index (κ2) is 69.0. The number of hydrogen-bond donors (Lipinski definition) is 0. The fourth-order valence-corrected chi connectivity index (χ4v) is 8.46. The Balaban J connectivity index is 4.59. The summed E-state index contributed by atoms with van der Waals surface area (Å²) < 4.78 is 16.9. The summed E-state index contributed by atoms with van der Waals surface area (Å²) in [7, 11) is 0. The summed E-state index contributed by atoms with van der Waals surface area (Å²) in [6.45, 7) is 6.31. The minimum Gasteiger partial charge on any atom is -0.462 e. The van der Waals surface area contributed by atoms with Crippen molar-refractivity contribution in [3.05, 3.63) is 182 Å². The molecule has 83 heavy (non-hydrogen) atoms. The van der Waals surface area contributed by atoms with Gasteiger partial charge in [0.05, 0.1) is 0 Å². The molecule has 0 rings (SSSR count). The molecule has 0 aliphatic heterocycles. The lowest BCUT2D eigenvalue weighted by Gasteiger charge is -2.18. The fraction of sp³-hybridized carbons (Fsp3) is 0.571. The zero-order chi connectivity index (χ0) is 59.9. The Morgan fingerprint density at radius 3 is 0.783 bits per heavy atom. The second-order valence-electron chi connectivity index (χ2n) is 21.3.